The maximum absolute atomic E-state index is 12.4. The van der Waals surface area contributed by atoms with Gasteiger partial charge in [0.15, 0.2) is 0 Å². The lowest BCUT2D eigenvalue weighted by molar-refractivity contribution is 0.187. The number of hydrogen-bond acceptors (Lipinski definition) is 4. The molecule has 3 heterocycles. The number of nitrogens with one attached hydrogen (secondary N) is 1. The zero-order valence-electron chi connectivity index (χ0n) is 15.0. The van der Waals surface area contributed by atoms with Gasteiger partial charge in [0.25, 0.3) is 5.56 Å². The van der Waals surface area contributed by atoms with Gasteiger partial charge in [-0.2, -0.15) is 0 Å². The highest BCUT2D eigenvalue weighted by molar-refractivity contribution is 5.30. The number of fused-ring (bicyclic) bond motifs is 3. The van der Waals surface area contributed by atoms with Crippen molar-refractivity contribution in [2.45, 2.75) is 51.2 Å². The first kappa shape index (κ1) is 16.9. The van der Waals surface area contributed by atoms with E-state index in [-0.39, 0.29) is 12.2 Å². The van der Waals surface area contributed by atoms with E-state index in [0.29, 0.717) is 17.9 Å². The smallest absolute Gasteiger partial charge is 0.254 e. The molecule has 1 aromatic carbocycles. The predicted octanol–water partition coefficient (Wildman–Crippen LogP) is 2.22. The molecule has 0 radical (unpaired) electrons. The lowest BCUT2D eigenvalue weighted by atomic mass is 9.98. The van der Waals surface area contributed by atoms with Gasteiger partial charge in [0.1, 0.15) is 18.2 Å². The third kappa shape index (κ3) is 3.25. The topological polar surface area (TPSA) is 58.2 Å². The first-order valence-electron chi connectivity index (χ1n) is 9.13. The highest BCUT2D eigenvalue weighted by Crippen LogP contribution is 2.34. The summed E-state index contributed by atoms with van der Waals surface area (Å²) in [4.78, 5) is 22.4. The largest absolute Gasteiger partial charge is 0.481 e. The van der Waals surface area contributed by atoms with Crippen molar-refractivity contribution in [2.75, 3.05) is 6.61 Å². The Morgan fingerprint density at radius 3 is 2.96 bits per heavy atom. The summed E-state index contributed by atoms with van der Waals surface area (Å²) >= 11 is 0. The Hall–Kier alpha value is -2.58. The minimum absolute atomic E-state index is 0.0321. The van der Waals surface area contributed by atoms with Crippen LogP contribution in [-0.4, -0.2) is 33.6 Å². The van der Waals surface area contributed by atoms with Gasteiger partial charge in [-0.3, -0.25) is 9.69 Å². The Balaban J connectivity index is 1.57. The van der Waals surface area contributed by atoms with Crippen LogP contribution in [0.2, 0.25) is 0 Å². The van der Waals surface area contributed by atoms with Crippen LogP contribution in [0.1, 0.15) is 35.5 Å². The molecule has 1 saturated heterocycles. The number of hydrogen-bond donors (Lipinski definition) is 1. The molecule has 0 spiro atoms. The molecule has 2 aliphatic rings. The standard InChI is InChI=1S/C21H23N3O2/c1-3-9-26-18-6-4-5-15(10-18)13-24-16-7-8-17(24)12-20-19(11-16)21(25)23-14(2)22-20/h1,4-6,10,16-17H,7-9,11-13H2,2H3,(H,22,23,25). The highest BCUT2D eigenvalue weighted by atomic mass is 16.5. The van der Waals surface area contributed by atoms with Crippen molar-refractivity contribution in [1.82, 2.24) is 14.9 Å². The fraction of sp³-hybridized carbons (Fsp3) is 0.429. The van der Waals surface area contributed by atoms with Crippen LogP contribution in [0, 0.1) is 19.3 Å². The van der Waals surface area contributed by atoms with Crippen LogP contribution in [0.4, 0.5) is 0 Å². The number of terminal acetylenes is 1. The van der Waals surface area contributed by atoms with Crippen LogP contribution in [0.15, 0.2) is 29.1 Å². The predicted molar refractivity (Wildman–Crippen MR) is 100 cm³/mol. The van der Waals surface area contributed by atoms with Gasteiger partial charge < -0.3 is 9.72 Å². The molecule has 0 saturated carbocycles. The van der Waals surface area contributed by atoms with Gasteiger partial charge >= 0.3 is 0 Å². The zero-order valence-corrected chi connectivity index (χ0v) is 15.0. The fourth-order valence-corrected chi connectivity index (χ4v) is 4.29. The number of nitrogens with zero attached hydrogens (tertiary/aromatic N) is 2. The molecule has 2 aliphatic heterocycles. The van der Waals surface area contributed by atoms with Crippen molar-refractivity contribution in [2.24, 2.45) is 0 Å². The molecular weight excluding hydrogens is 326 g/mol. The molecule has 5 nitrogen and oxygen atoms in total. The molecule has 1 aromatic heterocycles. The summed E-state index contributed by atoms with van der Waals surface area (Å²) in [5.74, 6) is 4.01. The van der Waals surface area contributed by atoms with Crippen LogP contribution in [-0.2, 0) is 19.4 Å². The molecule has 2 atom stereocenters. The van der Waals surface area contributed by atoms with Gasteiger partial charge in [-0.05, 0) is 43.9 Å². The molecule has 2 unspecified atom stereocenters. The number of aromatic nitrogens is 2. The van der Waals surface area contributed by atoms with Crippen LogP contribution in [0.25, 0.3) is 0 Å². The zero-order chi connectivity index (χ0) is 18.1. The van der Waals surface area contributed by atoms with Crippen molar-refractivity contribution in [1.29, 1.82) is 0 Å². The number of H-pyrrole nitrogens is 1. The summed E-state index contributed by atoms with van der Waals surface area (Å²) in [6, 6.07) is 8.94. The van der Waals surface area contributed by atoms with Crippen molar-refractivity contribution in [3.63, 3.8) is 0 Å². The van der Waals surface area contributed by atoms with Crippen LogP contribution < -0.4 is 10.3 Å². The quantitative estimate of drug-likeness (QED) is 0.860. The second kappa shape index (κ2) is 6.97. The molecular formula is C21H23N3O2. The SMILES string of the molecule is C#CCOc1cccc(CN2C3CCC2Cc2c(nc(C)[nH]c2=O)C3)c1. The van der Waals surface area contributed by atoms with E-state index in [0.717, 1.165) is 49.2 Å². The summed E-state index contributed by atoms with van der Waals surface area (Å²) in [7, 11) is 0. The number of benzene rings is 1. The maximum Gasteiger partial charge on any atom is 0.254 e. The van der Waals surface area contributed by atoms with Crippen molar-refractivity contribution >= 4 is 0 Å². The summed E-state index contributed by atoms with van der Waals surface area (Å²) in [6.45, 7) is 2.99. The van der Waals surface area contributed by atoms with Gasteiger partial charge in [0, 0.05) is 30.6 Å². The normalized spacial score (nSPS) is 21.7. The summed E-state index contributed by atoms with van der Waals surface area (Å²) < 4.78 is 5.55. The van der Waals surface area contributed by atoms with E-state index < -0.39 is 0 Å². The van der Waals surface area contributed by atoms with Gasteiger partial charge in [0.05, 0.1) is 5.69 Å². The van der Waals surface area contributed by atoms with Crippen molar-refractivity contribution in [3.05, 3.63) is 57.3 Å². The molecule has 134 valence electrons. The Morgan fingerprint density at radius 2 is 2.15 bits per heavy atom. The molecule has 26 heavy (non-hydrogen) atoms. The van der Waals surface area contributed by atoms with Crippen LogP contribution in [0.5, 0.6) is 5.75 Å². The molecule has 2 aromatic rings. The maximum atomic E-state index is 12.4. The Kier molecular flexibility index (Phi) is 4.52. The third-order valence-electron chi connectivity index (χ3n) is 5.45. The van der Waals surface area contributed by atoms with E-state index in [9.17, 15) is 4.79 Å². The van der Waals surface area contributed by atoms with Gasteiger partial charge in [-0.1, -0.05) is 18.1 Å². The van der Waals surface area contributed by atoms with E-state index in [1.54, 1.807) is 0 Å². The van der Waals surface area contributed by atoms with Crippen LogP contribution in [0.3, 0.4) is 0 Å². The molecule has 5 heteroatoms. The molecule has 1 N–H and O–H groups in total. The summed E-state index contributed by atoms with van der Waals surface area (Å²) in [5, 5.41) is 0. The lowest BCUT2D eigenvalue weighted by Gasteiger charge is -2.28. The highest BCUT2D eigenvalue weighted by Gasteiger charge is 2.38. The average molecular weight is 349 g/mol. The van der Waals surface area contributed by atoms with E-state index >= 15 is 0 Å². The lowest BCUT2D eigenvalue weighted by Crippen LogP contribution is -2.36. The number of ether oxygens (including phenoxy) is 1. The van der Waals surface area contributed by atoms with Crippen LogP contribution >= 0.6 is 0 Å². The second-order valence-corrected chi connectivity index (χ2v) is 7.18. The van der Waals surface area contributed by atoms with E-state index in [2.05, 4.69) is 32.9 Å². The molecule has 0 aliphatic carbocycles. The van der Waals surface area contributed by atoms with Crippen molar-refractivity contribution in [3.8, 4) is 18.1 Å². The first-order chi connectivity index (χ1) is 12.6. The number of rotatable bonds is 4. The average Bonchev–Trinajstić information content (AvgIpc) is 2.89. The monoisotopic (exact) mass is 349 g/mol. The van der Waals surface area contributed by atoms with Gasteiger partial charge in [-0.15, -0.1) is 6.42 Å². The van der Waals surface area contributed by atoms with Crippen molar-refractivity contribution < 1.29 is 4.74 Å². The number of aryl methyl sites for hydroxylation is 1. The minimum Gasteiger partial charge on any atom is -0.481 e. The van der Waals surface area contributed by atoms with E-state index in [4.69, 9.17) is 11.2 Å². The Morgan fingerprint density at radius 1 is 1.35 bits per heavy atom. The minimum atomic E-state index is 0.0321. The first-order valence-corrected chi connectivity index (χ1v) is 9.13. The molecule has 0 amide bonds. The fourth-order valence-electron chi connectivity index (χ4n) is 4.29. The van der Waals surface area contributed by atoms with E-state index in [1.807, 2.05) is 19.1 Å². The number of aromatic amines is 1. The Bertz CT molecular complexity index is 912. The van der Waals surface area contributed by atoms with E-state index in [1.165, 1.54) is 5.56 Å². The summed E-state index contributed by atoms with van der Waals surface area (Å²) in [6.07, 6.45) is 9.19. The second-order valence-electron chi connectivity index (χ2n) is 7.18. The van der Waals surface area contributed by atoms with Gasteiger partial charge in [-0.25, -0.2) is 4.98 Å². The Labute approximate surface area is 153 Å². The molecule has 4 rings (SSSR count). The molecule has 1 fully saturated rings. The third-order valence-corrected chi connectivity index (χ3v) is 5.45. The molecule has 2 bridgehead atoms. The van der Waals surface area contributed by atoms with Gasteiger partial charge in [0.2, 0.25) is 0 Å². The summed E-state index contributed by atoms with van der Waals surface area (Å²) in [5.41, 5.74) is 3.10.